The molecule has 0 aliphatic heterocycles. The zero-order chi connectivity index (χ0) is 19.6. The predicted octanol–water partition coefficient (Wildman–Crippen LogP) is 6.34. The molecule has 2 aromatic heterocycles. The third-order valence-electron chi connectivity index (χ3n) is 4.53. The Hall–Kier alpha value is -3.35. The Labute approximate surface area is 175 Å². The van der Waals surface area contributed by atoms with Gasteiger partial charge in [0.1, 0.15) is 5.01 Å². The summed E-state index contributed by atoms with van der Waals surface area (Å²) in [7, 11) is 0. The lowest BCUT2D eigenvalue weighted by Crippen LogP contribution is -2.11. The highest BCUT2D eigenvalue weighted by Crippen LogP contribution is 2.30. The average molecular weight is 414 g/mol. The molecule has 0 saturated heterocycles. The smallest absolute Gasteiger partial charge is 0.255 e. The number of nitrogens with zero attached hydrogens (tertiary/aromatic N) is 2. The number of fused-ring (bicyclic) bond motifs is 1. The molecule has 0 bridgehead atoms. The molecule has 140 valence electrons. The van der Waals surface area contributed by atoms with Crippen molar-refractivity contribution in [3.05, 3.63) is 89.3 Å². The van der Waals surface area contributed by atoms with Crippen molar-refractivity contribution < 1.29 is 4.79 Å². The lowest BCUT2D eigenvalue weighted by Gasteiger charge is -2.07. The van der Waals surface area contributed by atoms with Crippen molar-refractivity contribution in [2.45, 2.75) is 0 Å². The second kappa shape index (κ2) is 7.58. The molecule has 1 amide bonds. The van der Waals surface area contributed by atoms with Crippen LogP contribution in [0, 0.1) is 0 Å². The largest absolute Gasteiger partial charge is 0.322 e. The molecule has 0 unspecified atom stereocenters. The van der Waals surface area contributed by atoms with E-state index >= 15 is 0 Å². The molecule has 1 N–H and O–H groups in total. The van der Waals surface area contributed by atoms with Gasteiger partial charge in [-0.1, -0.05) is 42.5 Å². The highest BCUT2D eigenvalue weighted by atomic mass is 32.1. The number of carbonyl (C=O) groups is 1. The maximum Gasteiger partial charge on any atom is 0.255 e. The van der Waals surface area contributed by atoms with Gasteiger partial charge in [0.2, 0.25) is 0 Å². The number of rotatable bonds is 4. The van der Waals surface area contributed by atoms with Gasteiger partial charge in [-0.3, -0.25) is 4.79 Å². The molecule has 6 heteroatoms. The lowest BCUT2D eigenvalue weighted by atomic mass is 10.1. The van der Waals surface area contributed by atoms with E-state index in [9.17, 15) is 4.79 Å². The van der Waals surface area contributed by atoms with Gasteiger partial charge in [0, 0.05) is 27.8 Å². The van der Waals surface area contributed by atoms with Gasteiger partial charge < -0.3 is 5.32 Å². The summed E-state index contributed by atoms with van der Waals surface area (Å²) in [5.41, 5.74) is 7.03. The lowest BCUT2D eigenvalue weighted by molar-refractivity contribution is 0.102. The van der Waals surface area contributed by atoms with Crippen molar-refractivity contribution in [1.29, 1.82) is 0 Å². The number of anilines is 1. The Kier molecular flexibility index (Phi) is 4.63. The fourth-order valence-corrected chi connectivity index (χ4v) is 4.63. The number of carbonyl (C=O) groups excluding carboxylic acids is 1. The molecule has 0 aliphatic carbocycles. The number of aromatic nitrogens is 2. The maximum atomic E-state index is 12.7. The molecule has 2 heterocycles. The number of amides is 1. The third kappa shape index (κ3) is 3.68. The van der Waals surface area contributed by atoms with Gasteiger partial charge in [0.15, 0.2) is 0 Å². The van der Waals surface area contributed by atoms with E-state index in [-0.39, 0.29) is 5.91 Å². The van der Waals surface area contributed by atoms with E-state index in [1.165, 1.54) is 11.3 Å². The van der Waals surface area contributed by atoms with Gasteiger partial charge in [-0.25, -0.2) is 9.97 Å². The first-order valence-corrected chi connectivity index (χ1v) is 10.8. The van der Waals surface area contributed by atoms with E-state index in [0.717, 1.165) is 37.7 Å². The minimum absolute atomic E-state index is 0.138. The summed E-state index contributed by atoms with van der Waals surface area (Å²) < 4.78 is 1.00. The summed E-state index contributed by atoms with van der Waals surface area (Å²) in [5, 5.41) is 6.01. The van der Waals surface area contributed by atoms with Crippen LogP contribution in [-0.4, -0.2) is 15.9 Å². The summed E-state index contributed by atoms with van der Waals surface area (Å²) in [6, 6.07) is 23.4. The van der Waals surface area contributed by atoms with Crippen LogP contribution in [-0.2, 0) is 0 Å². The van der Waals surface area contributed by atoms with Crippen LogP contribution >= 0.6 is 22.7 Å². The van der Waals surface area contributed by atoms with Crippen molar-refractivity contribution in [2.24, 2.45) is 0 Å². The van der Waals surface area contributed by atoms with E-state index in [2.05, 4.69) is 22.4 Å². The fraction of sp³-hybridized carbons (Fsp3) is 0. The fourth-order valence-electron chi connectivity index (χ4n) is 3.08. The Morgan fingerprint density at radius 1 is 0.862 bits per heavy atom. The van der Waals surface area contributed by atoms with E-state index in [1.54, 1.807) is 22.9 Å². The van der Waals surface area contributed by atoms with Crippen LogP contribution in [0.15, 0.2) is 83.7 Å². The molecule has 0 radical (unpaired) electrons. The summed E-state index contributed by atoms with van der Waals surface area (Å²) in [5.74, 6) is -0.138. The summed E-state index contributed by atoms with van der Waals surface area (Å²) in [6.45, 7) is 0. The Morgan fingerprint density at radius 2 is 1.72 bits per heavy atom. The summed E-state index contributed by atoms with van der Waals surface area (Å²) >= 11 is 3.14. The molecule has 0 saturated carbocycles. The minimum Gasteiger partial charge on any atom is -0.322 e. The predicted molar refractivity (Wildman–Crippen MR) is 121 cm³/mol. The van der Waals surface area contributed by atoms with Crippen LogP contribution in [0.1, 0.15) is 10.4 Å². The quantitative estimate of drug-likeness (QED) is 0.374. The second-order valence-electron chi connectivity index (χ2n) is 6.47. The number of benzene rings is 3. The van der Waals surface area contributed by atoms with Crippen LogP contribution in [0.2, 0.25) is 0 Å². The molecule has 5 aromatic rings. The van der Waals surface area contributed by atoms with Crippen LogP contribution in [0.4, 0.5) is 5.69 Å². The van der Waals surface area contributed by atoms with E-state index in [4.69, 9.17) is 4.98 Å². The second-order valence-corrected chi connectivity index (χ2v) is 8.22. The van der Waals surface area contributed by atoms with Crippen molar-refractivity contribution in [3.8, 4) is 21.8 Å². The van der Waals surface area contributed by atoms with E-state index < -0.39 is 0 Å². The number of hydrogen-bond donors (Lipinski definition) is 1. The zero-order valence-electron chi connectivity index (χ0n) is 15.2. The molecular formula is C23H15N3OS2. The van der Waals surface area contributed by atoms with Gasteiger partial charge in [-0.15, -0.1) is 22.7 Å². The maximum absolute atomic E-state index is 12.7. The van der Waals surface area contributed by atoms with Crippen LogP contribution in [0.5, 0.6) is 0 Å². The van der Waals surface area contributed by atoms with Gasteiger partial charge in [0.05, 0.1) is 21.4 Å². The van der Waals surface area contributed by atoms with Crippen LogP contribution in [0.25, 0.3) is 32.0 Å². The topological polar surface area (TPSA) is 54.9 Å². The van der Waals surface area contributed by atoms with Gasteiger partial charge in [-0.05, 0) is 30.3 Å². The van der Waals surface area contributed by atoms with Crippen molar-refractivity contribution in [2.75, 3.05) is 5.32 Å². The van der Waals surface area contributed by atoms with E-state index in [0.29, 0.717) is 5.56 Å². The zero-order valence-corrected chi connectivity index (χ0v) is 16.8. The highest BCUT2D eigenvalue weighted by molar-refractivity contribution is 7.16. The van der Waals surface area contributed by atoms with Crippen LogP contribution < -0.4 is 5.32 Å². The first kappa shape index (κ1) is 17.7. The molecule has 4 nitrogen and oxygen atoms in total. The monoisotopic (exact) mass is 413 g/mol. The standard InChI is InChI=1S/C23H15N3OS2/c27-22(17-9-10-19-21(12-17)29-14-24-19)25-18-8-4-7-16(11-18)20-13-28-23(26-20)15-5-2-1-3-6-15/h1-14H,(H,25,27). The summed E-state index contributed by atoms with van der Waals surface area (Å²) in [4.78, 5) is 21.7. The molecule has 3 aromatic carbocycles. The van der Waals surface area contributed by atoms with Gasteiger partial charge >= 0.3 is 0 Å². The molecule has 0 fully saturated rings. The van der Waals surface area contributed by atoms with Gasteiger partial charge in [0.25, 0.3) is 5.91 Å². The normalized spacial score (nSPS) is 10.9. The van der Waals surface area contributed by atoms with Crippen molar-refractivity contribution in [3.63, 3.8) is 0 Å². The highest BCUT2D eigenvalue weighted by Gasteiger charge is 2.10. The Morgan fingerprint density at radius 3 is 2.62 bits per heavy atom. The average Bonchev–Trinajstić information content (AvgIpc) is 3.44. The summed E-state index contributed by atoms with van der Waals surface area (Å²) in [6.07, 6.45) is 0. The first-order chi connectivity index (χ1) is 14.3. The molecule has 29 heavy (non-hydrogen) atoms. The SMILES string of the molecule is O=C(Nc1cccc(-c2csc(-c3ccccc3)n2)c1)c1ccc2ncsc2c1. The molecule has 0 aliphatic rings. The number of nitrogens with one attached hydrogen (secondary N) is 1. The molecule has 0 atom stereocenters. The Balaban J connectivity index is 1.38. The number of thiazole rings is 2. The molecular weight excluding hydrogens is 398 g/mol. The Bertz CT molecular complexity index is 1310. The van der Waals surface area contributed by atoms with Crippen molar-refractivity contribution >= 4 is 44.5 Å². The van der Waals surface area contributed by atoms with Gasteiger partial charge in [-0.2, -0.15) is 0 Å². The molecule has 0 spiro atoms. The first-order valence-electron chi connectivity index (χ1n) is 9.02. The number of hydrogen-bond acceptors (Lipinski definition) is 5. The van der Waals surface area contributed by atoms with E-state index in [1.807, 2.05) is 60.0 Å². The minimum atomic E-state index is -0.138. The molecule has 5 rings (SSSR count). The third-order valence-corrected chi connectivity index (χ3v) is 6.22. The van der Waals surface area contributed by atoms with Crippen molar-refractivity contribution in [1.82, 2.24) is 9.97 Å². The van der Waals surface area contributed by atoms with Crippen LogP contribution in [0.3, 0.4) is 0 Å².